The van der Waals surface area contributed by atoms with Gasteiger partial charge in [0.15, 0.2) is 5.69 Å². The maximum Gasteiger partial charge on any atom is 0.407 e. The van der Waals surface area contributed by atoms with Crippen molar-refractivity contribution in [2.45, 2.75) is 65.6 Å². The Morgan fingerprint density at radius 2 is 1.91 bits per heavy atom. The van der Waals surface area contributed by atoms with Crippen LogP contribution >= 0.6 is 0 Å². The minimum atomic E-state index is -1.17. The summed E-state index contributed by atoms with van der Waals surface area (Å²) in [6.45, 7) is 9.24. The van der Waals surface area contributed by atoms with Gasteiger partial charge in [-0.3, -0.25) is 0 Å². The minimum absolute atomic E-state index is 0.0000463. The van der Waals surface area contributed by atoms with E-state index in [-0.39, 0.29) is 18.3 Å². The number of carboxylic acids is 1. The standard InChI is InChI=1S/C14H24N4O4/c1-6-9(7-2)18-10(11(12(19)20)16-17-18)8-15-13(21)22-14(3,4)5/h9H,6-8H2,1-5H3,(H,15,21)(H,19,20). The van der Waals surface area contributed by atoms with Gasteiger partial charge < -0.3 is 15.2 Å². The monoisotopic (exact) mass is 312 g/mol. The molecule has 1 aromatic rings. The number of hydrogen-bond donors (Lipinski definition) is 2. The van der Waals surface area contributed by atoms with Crippen molar-refractivity contribution in [3.05, 3.63) is 11.4 Å². The third-order valence-electron chi connectivity index (χ3n) is 3.08. The maximum absolute atomic E-state index is 11.7. The van der Waals surface area contributed by atoms with Gasteiger partial charge >= 0.3 is 12.1 Å². The summed E-state index contributed by atoms with van der Waals surface area (Å²) >= 11 is 0. The first-order valence-electron chi connectivity index (χ1n) is 7.33. The topological polar surface area (TPSA) is 106 Å². The van der Waals surface area contributed by atoms with Gasteiger partial charge in [-0.1, -0.05) is 19.1 Å². The summed E-state index contributed by atoms with van der Waals surface area (Å²) < 4.78 is 6.71. The first-order chi connectivity index (χ1) is 10.2. The lowest BCUT2D eigenvalue weighted by atomic mass is 10.1. The first-order valence-corrected chi connectivity index (χ1v) is 7.33. The van der Waals surface area contributed by atoms with Crippen LogP contribution in [0.3, 0.4) is 0 Å². The Balaban J connectivity index is 2.94. The second kappa shape index (κ2) is 7.24. The van der Waals surface area contributed by atoms with Crippen LogP contribution in [0, 0.1) is 0 Å². The Morgan fingerprint density at radius 3 is 2.36 bits per heavy atom. The summed E-state index contributed by atoms with van der Waals surface area (Å²) in [5.74, 6) is -1.17. The van der Waals surface area contributed by atoms with Crippen LogP contribution in [0.4, 0.5) is 4.79 Å². The molecule has 0 aromatic carbocycles. The van der Waals surface area contributed by atoms with Crippen molar-refractivity contribution < 1.29 is 19.4 Å². The van der Waals surface area contributed by atoms with E-state index in [0.29, 0.717) is 5.69 Å². The van der Waals surface area contributed by atoms with Crippen molar-refractivity contribution in [3.8, 4) is 0 Å². The van der Waals surface area contributed by atoms with Gasteiger partial charge in [0, 0.05) is 0 Å². The van der Waals surface area contributed by atoms with Crippen LogP contribution in [0.1, 0.15) is 69.7 Å². The Morgan fingerprint density at radius 1 is 1.32 bits per heavy atom. The fourth-order valence-electron chi connectivity index (χ4n) is 2.04. The van der Waals surface area contributed by atoms with E-state index in [4.69, 9.17) is 4.74 Å². The molecule has 0 bridgehead atoms. The molecule has 0 aliphatic carbocycles. The van der Waals surface area contributed by atoms with E-state index < -0.39 is 17.7 Å². The first kappa shape index (κ1) is 17.9. The van der Waals surface area contributed by atoms with E-state index in [0.717, 1.165) is 12.8 Å². The van der Waals surface area contributed by atoms with Crippen molar-refractivity contribution in [2.75, 3.05) is 0 Å². The quantitative estimate of drug-likeness (QED) is 0.835. The number of rotatable bonds is 6. The van der Waals surface area contributed by atoms with Crippen LogP contribution in [0.25, 0.3) is 0 Å². The van der Waals surface area contributed by atoms with Gasteiger partial charge in [0.2, 0.25) is 0 Å². The highest BCUT2D eigenvalue weighted by atomic mass is 16.6. The lowest BCUT2D eigenvalue weighted by Crippen LogP contribution is -2.33. The number of carbonyl (C=O) groups is 2. The van der Waals surface area contributed by atoms with Crippen molar-refractivity contribution in [1.29, 1.82) is 0 Å². The minimum Gasteiger partial charge on any atom is -0.476 e. The lowest BCUT2D eigenvalue weighted by Gasteiger charge is -2.20. The zero-order chi connectivity index (χ0) is 16.9. The molecule has 0 saturated carbocycles. The molecule has 2 N–H and O–H groups in total. The third kappa shape index (κ3) is 4.71. The van der Waals surface area contributed by atoms with E-state index in [1.165, 1.54) is 0 Å². The summed E-state index contributed by atoms with van der Waals surface area (Å²) in [7, 11) is 0. The fraction of sp³-hybridized carbons (Fsp3) is 0.714. The second-order valence-electron chi connectivity index (χ2n) is 5.96. The number of aromatic nitrogens is 3. The van der Waals surface area contributed by atoms with E-state index in [9.17, 15) is 14.7 Å². The number of carbonyl (C=O) groups excluding carboxylic acids is 1. The molecule has 0 unspecified atom stereocenters. The van der Waals surface area contributed by atoms with Crippen molar-refractivity contribution >= 4 is 12.1 Å². The molecule has 1 amide bonds. The van der Waals surface area contributed by atoms with Crippen LogP contribution in [0.15, 0.2) is 0 Å². The number of ether oxygens (including phenoxy) is 1. The van der Waals surface area contributed by atoms with Gasteiger partial charge in [-0.05, 0) is 33.6 Å². The molecule has 1 rings (SSSR count). The molecule has 0 atom stereocenters. The van der Waals surface area contributed by atoms with E-state index in [1.54, 1.807) is 25.5 Å². The molecular formula is C14H24N4O4. The Kier molecular flexibility index (Phi) is 5.90. The second-order valence-corrected chi connectivity index (χ2v) is 5.96. The van der Waals surface area contributed by atoms with Gasteiger partial charge in [0.1, 0.15) is 5.60 Å². The molecule has 0 saturated heterocycles. The maximum atomic E-state index is 11.7. The number of aromatic carboxylic acids is 1. The highest BCUT2D eigenvalue weighted by Gasteiger charge is 2.23. The van der Waals surface area contributed by atoms with Gasteiger partial charge in [-0.25, -0.2) is 14.3 Å². The summed E-state index contributed by atoms with van der Waals surface area (Å²) in [6, 6.07) is 0.0380. The lowest BCUT2D eigenvalue weighted by molar-refractivity contribution is 0.0519. The molecule has 0 fully saturated rings. The molecule has 1 aromatic heterocycles. The number of alkyl carbamates (subject to hydrolysis) is 1. The number of carboxylic acid groups (broad SMARTS) is 1. The van der Waals surface area contributed by atoms with Gasteiger partial charge in [0.05, 0.1) is 18.3 Å². The SMILES string of the molecule is CCC(CC)n1nnc(C(=O)O)c1CNC(=O)OC(C)(C)C. The molecule has 0 radical (unpaired) electrons. The van der Waals surface area contributed by atoms with Gasteiger partial charge in [-0.2, -0.15) is 0 Å². The predicted molar refractivity (Wildman–Crippen MR) is 79.7 cm³/mol. The fourth-order valence-corrected chi connectivity index (χ4v) is 2.04. The molecule has 1 heterocycles. The number of amides is 1. The zero-order valence-electron chi connectivity index (χ0n) is 13.7. The Labute approximate surface area is 129 Å². The van der Waals surface area contributed by atoms with E-state index >= 15 is 0 Å². The summed E-state index contributed by atoms with van der Waals surface area (Å²) in [5.41, 5.74) is -0.400. The average Bonchev–Trinajstić information content (AvgIpc) is 2.80. The molecule has 8 heteroatoms. The Bertz CT molecular complexity index is 529. The summed E-state index contributed by atoms with van der Waals surface area (Å²) in [4.78, 5) is 23.0. The number of nitrogens with zero attached hydrogens (tertiary/aromatic N) is 3. The largest absolute Gasteiger partial charge is 0.476 e. The van der Waals surface area contributed by atoms with Crippen LogP contribution < -0.4 is 5.32 Å². The molecule has 0 aliphatic rings. The molecule has 22 heavy (non-hydrogen) atoms. The van der Waals surface area contributed by atoms with Gasteiger partial charge in [0.25, 0.3) is 0 Å². The van der Waals surface area contributed by atoms with Crippen LogP contribution in [-0.4, -0.2) is 37.8 Å². The highest BCUT2D eigenvalue weighted by molar-refractivity contribution is 5.86. The predicted octanol–water partition coefficient (Wildman–Crippen LogP) is 2.36. The van der Waals surface area contributed by atoms with Gasteiger partial charge in [-0.15, -0.1) is 5.10 Å². The van der Waals surface area contributed by atoms with Crippen LogP contribution in [0.5, 0.6) is 0 Å². The molecule has 0 aliphatic heterocycles. The molecule has 0 spiro atoms. The summed E-state index contributed by atoms with van der Waals surface area (Å²) in [6.07, 6.45) is 0.970. The van der Waals surface area contributed by atoms with Crippen molar-refractivity contribution in [2.24, 2.45) is 0 Å². The smallest absolute Gasteiger partial charge is 0.407 e. The molecular weight excluding hydrogens is 288 g/mol. The van der Waals surface area contributed by atoms with Crippen molar-refractivity contribution in [1.82, 2.24) is 20.3 Å². The van der Waals surface area contributed by atoms with Crippen LogP contribution in [-0.2, 0) is 11.3 Å². The molecule has 8 nitrogen and oxygen atoms in total. The summed E-state index contributed by atoms with van der Waals surface area (Å²) in [5, 5.41) is 19.4. The van der Waals surface area contributed by atoms with Crippen molar-refractivity contribution in [3.63, 3.8) is 0 Å². The normalized spacial score (nSPS) is 11.5. The third-order valence-corrected chi connectivity index (χ3v) is 3.08. The molecule has 124 valence electrons. The van der Waals surface area contributed by atoms with Crippen LogP contribution in [0.2, 0.25) is 0 Å². The van der Waals surface area contributed by atoms with E-state index in [2.05, 4.69) is 15.6 Å². The Hall–Kier alpha value is -2.12. The highest BCUT2D eigenvalue weighted by Crippen LogP contribution is 2.19. The van der Waals surface area contributed by atoms with E-state index in [1.807, 2.05) is 13.8 Å². The number of nitrogens with one attached hydrogen (secondary N) is 1. The average molecular weight is 312 g/mol. The number of hydrogen-bond acceptors (Lipinski definition) is 5. The zero-order valence-corrected chi connectivity index (χ0v) is 13.7.